The first-order chi connectivity index (χ1) is 13.0. The Morgan fingerprint density at radius 1 is 1.04 bits per heavy atom. The van der Waals surface area contributed by atoms with E-state index in [1.54, 1.807) is 7.11 Å². The number of rotatable bonds is 8. The Morgan fingerprint density at radius 2 is 1.67 bits per heavy atom. The van der Waals surface area contributed by atoms with Crippen molar-refractivity contribution in [3.63, 3.8) is 0 Å². The van der Waals surface area contributed by atoms with Crippen LogP contribution in [0.5, 0.6) is 5.75 Å². The Hall–Kier alpha value is -2.57. The number of fused-ring (bicyclic) bond motifs is 1. The number of aliphatic hydroxyl groups is 1. The number of imidazole rings is 1. The smallest absolute Gasteiger partial charge is 0.203 e. The Morgan fingerprint density at radius 3 is 2.26 bits per heavy atom. The fraction of sp³-hybridized carbons (Fsp3) is 0.381. The van der Waals surface area contributed by atoms with Gasteiger partial charge in [-0.05, 0) is 56.9 Å². The summed E-state index contributed by atoms with van der Waals surface area (Å²) >= 11 is 0. The fourth-order valence-electron chi connectivity index (χ4n) is 3.36. The third-order valence-electron chi connectivity index (χ3n) is 4.82. The summed E-state index contributed by atoms with van der Waals surface area (Å²) in [5.74, 6) is 0.761. The standard InChI is InChI=1S/C21H28N4O2/c1-23(2)13-6-14-24-18-7-4-5-8-19(18)25(21(24)22)15-20(26)16-9-11-17(27-3)12-10-16/h4-5,7-12,20,22,26H,6,13-15H2,1-3H3/t20-/m1/s1. The van der Waals surface area contributed by atoms with Crippen LogP contribution in [0.4, 0.5) is 0 Å². The third kappa shape index (κ3) is 4.23. The van der Waals surface area contributed by atoms with E-state index in [0.717, 1.165) is 41.9 Å². The second-order valence-corrected chi connectivity index (χ2v) is 7.02. The van der Waals surface area contributed by atoms with Gasteiger partial charge >= 0.3 is 0 Å². The average molecular weight is 368 g/mol. The van der Waals surface area contributed by atoms with Crippen molar-refractivity contribution in [2.24, 2.45) is 0 Å². The van der Waals surface area contributed by atoms with E-state index in [-0.39, 0.29) is 0 Å². The predicted octanol–water partition coefficient (Wildman–Crippen LogP) is 2.62. The van der Waals surface area contributed by atoms with Crippen LogP contribution in [0.1, 0.15) is 18.1 Å². The van der Waals surface area contributed by atoms with Crippen molar-refractivity contribution in [1.29, 1.82) is 5.41 Å². The Balaban J connectivity index is 1.89. The van der Waals surface area contributed by atoms with Crippen molar-refractivity contribution < 1.29 is 9.84 Å². The van der Waals surface area contributed by atoms with Crippen LogP contribution in [0.15, 0.2) is 48.5 Å². The first kappa shape index (κ1) is 19.2. The van der Waals surface area contributed by atoms with E-state index in [4.69, 9.17) is 10.1 Å². The molecule has 27 heavy (non-hydrogen) atoms. The van der Waals surface area contributed by atoms with Gasteiger partial charge in [0.15, 0.2) is 0 Å². The summed E-state index contributed by atoms with van der Waals surface area (Å²) in [5, 5.41) is 19.4. The van der Waals surface area contributed by atoms with E-state index in [9.17, 15) is 5.11 Å². The second-order valence-electron chi connectivity index (χ2n) is 7.02. The molecule has 0 radical (unpaired) electrons. The highest BCUT2D eigenvalue weighted by atomic mass is 16.5. The Labute approximate surface area is 159 Å². The number of ether oxygens (including phenoxy) is 1. The van der Waals surface area contributed by atoms with Crippen molar-refractivity contribution >= 4 is 11.0 Å². The number of benzene rings is 2. The molecule has 2 N–H and O–H groups in total. The molecule has 0 bridgehead atoms. The highest BCUT2D eigenvalue weighted by molar-refractivity contribution is 5.75. The lowest BCUT2D eigenvalue weighted by Gasteiger charge is -2.13. The molecule has 0 spiro atoms. The molecule has 0 aliphatic carbocycles. The van der Waals surface area contributed by atoms with Gasteiger partial charge in [-0.15, -0.1) is 0 Å². The largest absolute Gasteiger partial charge is 0.497 e. The minimum absolute atomic E-state index is 0.340. The van der Waals surface area contributed by atoms with Gasteiger partial charge in [-0.25, -0.2) is 0 Å². The lowest BCUT2D eigenvalue weighted by atomic mass is 10.1. The van der Waals surface area contributed by atoms with Gasteiger partial charge in [-0.1, -0.05) is 24.3 Å². The van der Waals surface area contributed by atoms with Crippen LogP contribution in [-0.4, -0.2) is 46.9 Å². The van der Waals surface area contributed by atoms with E-state index in [1.165, 1.54) is 0 Å². The number of aromatic nitrogens is 2. The first-order valence-electron chi connectivity index (χ1n) is 9.20. The second kappa shape index (κ2) is 8.41. The highest BCUT2D eigenvalue weighted by Gasteiger charge is 2.15. The zero-order valence-corrected chi connectivity index (χ0v) is 16.2. The van der Waals surface area contributed by atoms with Crippen molar-refractivity contribution in [3.8, 4) is 5.75 Å². The number of hydrogen-bond donors (Lipinski definition) is 2. The molecule has 3 rings (SSSR count). The molecule has 0 amide bonds. The van der Waals surface area contributed by atoms with Gasteiger partial charge in [0.1, 0.15) is 5.75 Å². The summed E-state index contributed by atoms with van der Waals surface area (Å²) in [6, 6.07) is 15.4. The highest BCUT2D eigenvalue weighted by Crippen LogP contribution is 2.21. The lowest BCUT2D eigenvalue weighted by Crippen LogP contribution is -2.27. The number of nitrogens with one attached hydrogen (secondary N) is 1. The SMILES string of the molecule is COc1ccc([C@H](O)Cn2c(=N)n(CCCN(C)C)c3ccccc32)cc1. The minimum atomic E-state index is -0.689. The zero-order valence-electron chi connectivity index (χ0n) is 16.2. The van der Waals surface area contributed by atoms with E-state index in [0.29, 0.717) is 12.2 Å². The van der Waals surface area contributed by atoms with Crippen LogP contribution in [0.25, 0.3) is 11.0 Å². The fourth-order valence-corrected chi connectivity index (χ4v) is 3.36. The van der Waals surface area contributed by atoms with Gasteiger partial charge in [-0.2, -0.15) is 0 Å². The molecule has 0 aliphatic rings. The zero-order chi connectivity index (χ0) is 19.4. The topological polar surface area (TPSA) is 66.4 Å². The summed E-state index contributed by atoms with van der Waals surface area (Å²) in [4.78, 5) is 2.15. The molecule has 1 aromatic heterocycles. The molecule has 0 saturated carbocycles. The number of hydrogen-bond acceptors (Lipinski definition) is 4. The van der Waals surface area contributed by atoms with Gasteiger partial charge in [0.2, 0.25) is 5.62 Å². The van der Waals surface area contributed by atoms with Crippen LogP contribution in [0.3, 0.4) is 0 Å². The summed E-state index contributed by atoms with van der Waals surface area (Å²) in [7, 11) is 5.74. The summed E-state index contributed by atoms with van der Waals surface area (Å²) in [6.07, 6.45) is 0.282. The molecule has 1 heterocycles. The molecule has 144 valence electrons. The summed E-state index contributed by atoms with van der Waals surface area (Å²) in [6.45, 7) is 2.09. The Bertz CT molecular complexity index is 941. The molecule has 1 atom stereocenters. The average Bonchev–Trinajstić information content (AvgIpc) is 2.93. The maximum Gasteiger partial charge on any atom is 0.203 e. The molecule has 0 unspecified atom stereocenters. The van der Waals surface area contributed by atoms with E-state index >= 15 is 0 Å². The first-order valence-corrected chi connectivity index (χ1v) is 9.20. The van der Waals surface area contributed by atoms with Gasteiger partial charge in [0, 0.05) is 6.54 Å². The molecule has 6 nitrogen and oxygen atoms in total. The molecular formula is C21H28N4O2. The normalized spacial score (nSPS) is 12.6. The van der Waals surface area contributed by atoms with Crippen molar-refractivity contribution in [2.75, 3.05) is 27.7 Å². The number of aryl methyl sites for hydroxylation is 1. The maximum absolute atomic E-state index is 10.7. The van der Waals surface area contributed by atoms with Crippen molar-refractivity contribution in [1.82, 2.24) is 14.0 Å². The quantitative estimate of drug-likeness (QED) is 0.642. The number of aliphatic hydroxyl groups excluding tert-OH is 1. The van der Waals surface area contributed by atoms with E-state index in [2.05, 4.69) is 19.0 Å². The Kier molecular flexibility index (Phi) is 5.98. The molecule has 6 heteroatoms. The van der Waals surface area contributed by atoms with Crippen molar-refractivity contribution in [2.45, 2.75) is 25.6 Å². The van der Waals surface area contributed by atoms with Gasteiger partial charge in [0.05, 0.1) is 30.8 Å². The molecular weight excluding hydrogens is 340 g/mol. The monoisotopic (exact) mass is 368 g/mol. The van der Waals surface area contributed by atoms with Crippen LogP contribution >= 0.6 is 0 Å². The third-order valence-corrected chi connectivity index (χ3v) is 4.82. The van der Waals surface area contributed by atoms with Crippen molar-refractivity contribution in [3.05, 3.63) is 59.7 Å². The molecule has 2 aromatic carbocycles. The van der Waals surface area contributed by atoms with Gasteiger partial charge in [-0.3, -0.25) is 5.41 Å². The summed E-state index contributed by atoms with van der Waals surface area (Å²) < 4.78 is 9.09. The molecule has 3 aromatic rings. The molecule has 0 aliphatic heterocycles. The van der Waals surface area contributed by atoms with Crippen LogP contribution in [-0.2, 0) is 13.1 Å². The van der Waals surface area contributed by atoms with Crippen LogP contribution in [0.2, 0.25) is 0 Å². The van der Waals surface area contributed by atoms with Gasteiger partial charge < -0.3 is 23.9 Å². The van der Waals surface area contributed by atoms with Crippen LogP contribution in [0, 0.1) is 5.41 Å². The van der Waals surface area contributed by atoms with E-state index < -0.39 is 6.10 Å². The number of nitrogens with zero attached hydrogens (tertiary/aromatic N) is 3. The van der Waals surface area contributed by atoms with Gasteiger partial charge in [0.25, 0.3) is 0 Å². The summed E-state index contributed by atoms with van der Waals surface area (Å²) in [5.41, 5.74) is 3.23. The van der Waals surface area contributed by atoms with Crippen LogP contribution < -0.4 is 10.4 Å². The predicted molar refractivity (Wildman–Crippen MR) is 107 cm³/mol. The maximum atomic E-state index is 10.7. The minimum Gasteiger partial charge on any atom is -0.497 e. The molecule has 0 saturated heterocycles. The number of para-hydroxylation sites is 2. The number of methoxy groups -OCH3 is 1. The lowest BCUT2D eigenvalue weighted by molar-refractivity contribution is 0.155. The molecule has 0 fully saturated rings. The van der Waals surface area contributed by atoms with E-state index in [1.807, 2.05) is 57.7 Å².